The first-order chi connectivity index (χ1) is 6.04. The Hall–Kier alpha value is -2.11. The summed E-state index contributed by atoms with van der Waals surface area (Å²) in [7, 11) is 0. The highest BCUT2D eigenvalue weighted by atomic mass is 16.4. The highest BCUT2D eigenvalue weighted by Crippen LogP contribution is 1.91. The predicted octanol–water partition coefficient (Wildman–Crippen LogP) is -3.54. The maximum absolute atomic E-state index is 10.1. The van der Waals surface area contributed by atoms with Crippen LogP contribution in [0.5, 0.6) is 0 Å². The number of rotatable bonds is 1. The number of carbonyl (C=O) groups excluding carboxylic acids is 1. The molecule has 0 aliphatic rings. The summed E-state index contributed by atoms with van der Waals surface area (Å²) in [5.41, 5.74) is 9.32. The number of guanidine groups is 1. The monoisotopic (exact) mass is 182 g/mol. The van der Waals surface area contributed by atoms with Gasteiger partial charge in [-0.25, -0.2) is 0 Å². The van der Waals surface area contributed by atoms with Crippen LogP contribution in [0.2, 0.25) is 0 Å². The van der Waals surface area contributed by atoms with Crippen molar-refractivity contribution in [2.24, 2.45) is 11.5 Å². The van der Waals surface area contributed by atoms with E-state index in [0.29, 0.717) is 0 Å². The third kappa shape index (κ3) is 6.29. The predicted molar refractivity (Wildman–Crippen MR) is 43.9 cm³/mol. The number of carbonyl (C=O) groups is 1. The minimum Gasteiger partial charge on any atom is -0.545 e. The SMILES string of the molecule is NC(N)=[NH2+].O=C([O-])c1ccncc1. The number of aromatic carboxylic acids is 1. The lowest BCUT2D eigenvalue weighted by Crippen LogP contribution is -2.51. The second kappa shape index (κ2) is 5.53. The zero-order valence-corrected chi connectivity index (χ0v) is 6.81. The number of hydrogen-bond donors (Lipinski definition) is 3. The van der Waals surface area contributed by atoms with Crippen molar-refractivity contribution in [3.63, 3.8) is 0 Å². The van der Waals surface area contributed by atoms with Gasteiger partial charge in [-0.1, -0.05) is 0 Å². The molecule has 1 heterocycles. The van der Waals surface area contributed by atoms with E-state index in [2.05, 4.69) is 21.9 Å². The summed E-state index contributed by atoms with van der Waals surface area (Å²) in [6.45, 7) is 0. The van der Waals surface area contributed by atoms with Crippen molar-refractivity contribution < 1.29 is 15.3 Å². The summed E-state index contributed by atoms with van der Waals surface area (Å²) in [5, 5.41) is 14.6. The molecule has 1 rings (SSSR count). The van der Waals surface area contributed by atoms with Crippen molar-refractivity contribution in [2.75, 3.05) is 0 Å². The Morgan fingerprint density at radius 3 is 2.00 bits per heavy atom. The molecule has 0 spiro atoms. The van der Waals surface area contributed by atoms with Crippen molar-refractivity contribution in [2.45, 2.75) is 0 Å². The van der Waals surface area contributed by atoms with Crippen molar-refractivity contribution in [1.29, 1.82) is 0 Å². The van der Waals surface area contributed by atoms with Gasteiger partial charge >= 0.3 is 5.96 Å². The Kier molecular flexibility index (Phi) is 4.63. The van der Waals surface area contributed by atoms with Crippen molar-refractivity contribution >= 4 is 11.9 Å². The lowest BCUT2D eigenvalue weighted by Gasteiger charge is -1.97. The van der Waals surface area contributed by atoms with Crippen LogP contribution >= 0.6 is 0 Å². The van der Waals surface area contributed by atoms with Crippen LogP contribution in [-0.4, -0.2) is 16.9 Å². The standard InChI is InChI=1S/C6H5NO2.CH5N3/c8-6(9)5-1-3-7-4-2-5;2-1(3)4/h1-4H,(H,8,9);(H5,2,3,4). The molecular weight excluding hydrogens is 172 g/mol. The van der Waals surface area contributed by atoms with Gasteiger partial charge in [-0.3, -0.25) is 21.9 Å². The molecule has 0 fully saturated rings. The van der Waals surface area contributed by atoms with Gasteiger partial charge in [-0.15, -0.1) is 0 Å². The molecule has 0 atom stereocenters. The Labute approximate surface area is 74.7 Å². The molecule has 13 heavy (non-hydrogen) atoms. The van der Waals surface area contributed by atoms with E-state index < -0.39 is 5.97 Å². The van der Waals surface area contributed by atoms with E-state index in [4.69, 9.17) is 0 Å². The molecule has 6 heteroatoms. The van der Waals surface area contributed by atoms with Crippen LogP contribution in [0.4, 0.5) is 0 Å². The van der Waals surface area contributed by atoms with E-state index in [9.17, 15) is 9.90 Å². The molecule has 0 bridgehead atoms. The third-order valence-corrected chi connectivity index (χ3v) is 0.916. The fourth-order valence-corrected chi connectivity index (χ4v) is 0.488. The highest BCUT2D eigenvalue weighted by molar-refractivity contribution is 5.85. The summed E-state index contributed by atoms with van der Waals surface area (Å²) >= 11 is 0. The van der Waals surface area contributed by atoms with Crippen LogP contribution < -0.4 is 22.0 Å². The molecule has 6 N–H and O–H groups in total. The maximum atomic E-state index is 10.1. The molecule has 0 amide bonds. The fourth-order valence-electron chi connectivity index (χ4n) is 0.488. The van der Waals surface area contributed by atoms with Gasteiger partial charge in [-0.05, 0) is 12.1 Å². The van der Waals surface area contributed by atoms with Crippen LogP contribution in [0.3, 0.4) is 0 Å². The van der Waals surface area contributed by atoms with Crippen LogP contribution in [-0.2, 0) is 0 Å². The summed E-state index contributed by atoms with van der Waals surface area (Å²) in [4.78, 5) is 13.7. The fraction of sp³-hybridized carbons (Fsp3) is 0. The lowest BCUT2D eigenvalue weighted by molar-refractivity contribution is -0.255. The molecule has 0 radical (unpaired) electrons. The number of carboxylic acid groups (broad SMARTS) is 1. The number of nitrogens with two attached hydrogens (primary N) is 3. The van der Waals surface area contributed by atoms with Gasteiger partial charge in [0.2, 0.25) is 0 Å². The van der Waals surface area contributed by atoms with Gasteiger partial charge in [0.25, 0.3) is 0 Å². The average Bonchev–Trinajstić information content (AvgIpc) is 2.05. The second-order valence-corrected chi connectivity index (χ2v) is 2.02. The van der Waals surface area contributed by atoms with Crippen molar-refractivity contribution in [3.8, 4) is 0 Å². The minimum absolute atomic E-state index is 0.0833. The molecule has 0 aliphatic carbocycles. The summed E-state index contributed by atoms with van der Waals surface area (Å²) < 4.78 is 0. The van der Waals surface area contributed by atoms with Gasteiger partial charge in [0.1, 0.15) is 0 Å². The average molecular weight is 182 g/mol. The highest BCUT2D eigenvalue weighted by Gasteiger charge is 1.86. The molecule has 0 aliphatic heterocycles. The van der Waals surface area contributed by atoms with Crippen LogP contribution in [0.15, 0.2) is 24.5 Å². The lowest BCUT2D eigenvalue weighted by atomic mass is 10.3. The van der Waals surface area contributed by atoms with Gasteiger partial charge < -0.3 is 9.90 Å². The van der Waals surface area contributed by atoms with Gasteiger partial charge in [-0.2, -0.15) is 0 Å². The van der Waals surface area contributed by atoms with Gasteiger partial charge in [0.15, 0.2) is 0 Å². The summed E-state index contributed by atoms with van der Waals surface area (Å²) in [6, 6.07) is 2.77. The van der Waals surface area contributed by atoms with Crippen molar-refractivity contribution in [1.82, 2.24) is 4.98 Å². The summed E-state index contributed by atoms with van der Waals surface area (Å²) in [6.07, 6.45) is 2.82. The largest absolute Gasteiger partial charge is 0.545 e. The maximum Gasteiger partial charge on any atom is 0.336 e. The molecule has 1 aromatic rings. The van der Waals surface area contributed by atoms with Crippen molar-refractivity contribution in [3.05, 3.63) is 30.1 Å². The summed E-state index contributed by atoms with van der Waals surface area (Å²) in [5.74, 6) is -1.25. The second-order valence-electron chi connectivity index (χ2n) is 2.02. The molecular formula is C7H10N4O2. The minimum atomic E-state index is -1.17. The molecule has 0 saturated carbocycles. The van der Waals surface area contributed by atoms with Gasteiger partial charge in [0, 0.05) is 18.0 Å². The number of nitrogens with zero attached hydrogens (tertiary/aromatic N) is 1. The van der Waals surface area contributed by atoms with E-state index in [0.717, 1.165) is 0 Å². The first kappa shape index (κ1) is 10.9. The van der Waals surface area contributed by atoms with E-state index in [-0.39, 0.29) is 11.5 Å². The third-order valence-electron chi connectivity index (χ3n) is 0.916. The number of aromatic nitrogens is 1. The van der Waals surface area contributed by atoms with E-state index in [1.807, 2.05) is 0 Å². The van der Waals surface area contributed by atoms with Crippen LogP contribution in [0, 0.1) is 0 Å². The number of hydrogen-bond acceptors (Lipinski definition) is 3. The Morgan fingerprint density at radius 1 is 1.38 bits per heavy atom. The Balaban J connectivity index is 0.000000310. The smallest absolute Gasteiger partial charge is 0.336 e. The van der Waals surface area contributed by atoms with E-state index in [1.54, 1.807) is 0 Å². The molecule has 1 aromatic heterocycles. The van der Waals surface area contributed by atoms with Crippen LogP contribution in [0.1, 0.15) is 10.4 Å². The van der Waals surface area contributed by atoms with E-state index >= 15 is 0 Å². The molecule has 0 saturated heterocycles. The Morgan fingerprint density at radius 2 is 1.77 bits per heavy atom. The number of carboxylic acids is 1. The topological polar surface area (TPSA) is 131 Å². The first-order valence-corrected chi connectivity index (χ1v) is 3.28. The normalized spacial score (nSPS) is 8.00. The molecule has 0 aromatic carbocycles. The van der Waals surface area contributed by atoms with Gasteiger partial charge in [0.05, 0.1) is 5.97 Å². The van der Waals surface area contributed by atoms with E-state index in [1.165, 1.54) is 24.5 Å². The molecule has 6 nitrogen and oxygen atoms in total. The zero-order chi connectivity index (χ0) is 10.3. The Bertz CT molecular complexity index is 282. The zero-order valence-electron chi connectivity index (χ0n) is 6.81. The number of pyridine rings is 1. The molecule has 0 unspecified atom stereocenters. The quantitative estimate of drug-likeness (QED) is 0.306. The first-order valence-electron chi connectivity index (χ1n) is 3.28. The molecule has 70 valence electrons. The van der Waals surface area contributed by atoms with Crippen LogP contribution in [0.25, 0.3) is 0 Å².